The van der Waals surface area contributed by atoms with Gasteiger partial charge in [0.2, 0.25) is 0 Å². The molecule has 0 amide bonds. The van der Waals surface area contributed by atoms with Gasteiger partial charge in [0, 0.05) is 10.9 Å². The Balaban J connectivity index is 2.61. The number of rotatable bonds is 4. The molecule has 1 aromatic rings. The van der Waals surface area contributed by atoms with E-state index in [4.69, 9.17) is 11.6 Å². The summed E-state index contributed by atoms with van der Waals surface area (Å²) in [5.74, 6) is 0. The molecular weight excluding hydrogens is 206 g/mol. The molecule has 0 spiro atoms. The van der Waals surface area contributed by atoms with Crippen molar-refractivity contribution in [3.8, 4) is 0 Å². The van der Waals surface area contributed by atoms with Crippen molar-refractivity contribution in [2.24, 2.45) is 0 Å². The summed E-state index contributed by atoms with van der Waals surface area (Å²) in [4.78, 5) is 0.915. The van der Waals surface area contributed by atoms with E-state index < -0.39 is 6.10 Å². The molecule has 13 heavy (non-hydrogen) atoms. The summed E-state index contributed by atoms with van der Waals surface area (Å²) in [7, 11) is 0. The highest BCUT2D eigenvalue weighted by atomic mass is 35.5. The van der Waals surface area contributed by atoms with Crippen LogP contribution in [0.2, 0.25) is 4.34 Å². The Morgan fingerprint density at radius 1 is 1.62 bits per heavy atom. The quantitative estimate of drug-likeness (QED) is 0.816. The zero-order valence-electron chi connectivity index (χ0n) is 7.75. The van der Waals surface area contributed by atoms with Crippen molar-refractivity contribution in [3.05, 3.63) is 21.3 Å². The molecule has 0 radical (unpaired) electrons. The summed E-state index contributed by atoms with van der Waals surface area (Å²) < 4.78 is 0.720. The van der Waals surface area contributed by atoms with E-state index in [-0.39, 0.29) is 6.04 Å². The van der Waals surface area contributed by atoms with Gasteiger partial charge < -0.3 is 10.4 Å². The molecule has 1 rings (SSSR count). The maximum absolute atomic E-state index is 9.82. The van der Waals surface area contributed by atoms with Crippen LogP contribution in [0.4, 0.5) is 0 Å². The Labute approximate surface area is 87.5 Å². The normalized spacial score (nSPS) is 15.7. The molecule has 2 unspecified atom stereocenters. The van der Waals surface area contributed by atoms with Gasteiger partial charge in [-0.05, 0) is 25.6 Å². The van der Waals surface area contributed by atoms with E-state index in [9.17, 15) is 5.11 Å². The van der Waals surface area contributed by atoms with Crippen molar-refractivity contribution >= 4 is 22.9 Å². The van der Waals surface area contributed by atoms with E-state index in [1.54, 1.807) is 0 Å². The van der Waals surface area contributed by atoms with Crippen LogP contribution in [-0.4, -0.2) is 17.7 Å². The summed E-state index contributed by atoms with van der Waals surface area (Å²) in [5, 5.41) is 13.0. The van der Waals surface area contributed by atoms with Gasteiger partial charge in [-0.2, -0.15) is 0 Å². The van der Waals surface area contributed by atoms with Crippen LogP contribution in [0.3, 0.4) is 0 Å². The van der Waals surface area contributed by atoms with E-state index in [1.807, 2.05) is 26.0 Å². The summed E-state index contributed by atoms with van der Waals surface area (Å²) in [6.45, 7) is 4.84. The molecule has 4 heteroatoms. The summed E-state index contributed by atoms with van der Waals surface area (Å²) in [5.41, 5.74) is 0. The van der Waals surface area contributed by atoms with Crippen molar-refractivity contribution in [1.82, 2.24) is 5.32 Å². The molecule has 2 N–H and O–H groups in total. The molecule has 0 saturated carbocycles. The molecule has 2 atom stereocenters. The van der Waals surface area contributed by atoms with E-state index in [2.05, 4.69) is 5.32 Å². The van der Waals surface area contributed by atoms with Crippen LogP contribution < -0.4 is 5.32 Å². The Bertz CT molecular complexity index is 264. The van der Waals surface area contributed by atoms with Gasteiger partial charge in [0.1, 0.15) is 6.10 Å². The van der Waals surface area contributed by atoms with E-state index in [0.29, 0.717) is 0 Å². The summed E-state index contributed by atoms with van der Waals surface area (Å²) >= 11 is 7.20. The molecule has 74 valence electrons. The van der Waals surface area contributed by atoms with Gasteiger partial charge in [-0.15, -0.1) is 11.3 Å². The number of thiophene rings is 1. The zero-order chi connectivity index (χ0) is 9.84. The average molecular weight is 220 g/mol. The van der Waals surface area contributed by atoms with Gasteiger partial charge >= 0.3 is 0 Å². The lowest BCUT2D eigenvalue weighted by molar-refractivity contribution is 0.140. The first kappa shape index (κ1) is 11.0. The molecule has 2 nitrogen and oxygen atoms in total. The summed E-state index contributed by atoms with van der Waals surface area (Å²) in [6, 6.07) is 3.74. The predicted molar refractivity (Wildman–Crippen MR) is 57.4 cm³/mol. The lowest BCUT2D eigenvalue weighted by Gasteiger charge is -2.17. The second kappa shape index (κ2) is 4.96. The highest BCUT2D eigenvalue weighted by Crippen LogP contribution is 2.28. The van der Waals surface area contributed by atoms with Crippen LogP contribution >= 0.6 is 22.9 Å². The van der Waals surface area contributed by atoms with Crippen LogP contribution in [0, 0.1) is 0 Å². The van der Waals surface area contributed by atoms with Crippen molar-refractivity contribution in [2.45, 2.75) is 26.0 Å². The smallest absolute Gasteiger partial charge is 0.103 e. The van der Waals surface area contributed by atoms with E-state index in [1.165, 1.54) is 11.3 Å². The number of halogens is 1. The third-order valence-corrected chi connectivity index (χ3v) is 3.19. The second-order valence-electron chi connectivity index (χ2n) is 2.93. The topological polar surface area (TPSA) is 32.3 Å². The fraction of sp³-hybridized carbons (Fsp3) is 0.556. The fourth-order valence-electron chi connectivity index (χ4n) is 1.17. The maximum Gasteiger partial charge on any atom is 0.103 e. The number of aliphatic hydroxyl groups is 1. The molecule has 1 heterocycles. The fourth-order valence-corrected chi connectivity index (χ4v) is 2.32. The molecule has 0 aromatic carbocycles. The molecule has 0 saturated heterocycles. The minimum atomic E-state index is -0.461. The van der Waals surface area contributed by atoms with Crippen LogP contribution in [0.25, 0.3) is 0 Å². The Kier molecular flexibility index (Phi) is 4.19. The van der Waals surface area contributed by atoms with Crippen molar-refractivity contribution in [3.63, 3.8) is 0 Å². The van der Waals surface area contributed by atoms with Gasteiger partial charge in [0.05, 0.1) is 4.34 Å². The largest absolute Gasteiger partial charge is 0.386 e. The molecule has 0 bridgehead atoms. The van der Waals surface area contributed by atoms with Crippen LogP contribution in [0.1, 0.15) is 24.8 Å². The lowest BCUT2D eigenvalue weighted by atomic mass is 10.1. The van der Waals surface area contributed by atoms with Crippen LogP contribution in [0.5, 0.6) is 0 Å². The molecule has 0 aliphatic heterocycles. The first-order valence-corrected chi connectivity index (χ1v) is 5.51. The number of aliphatic hydroxyl groups excluding tert-OH is 1. The van der Waals surface area contributed by atoms with Gasteiger partial charge in [-0.25, -0.2) is 0 Å². The Morgan fingerprint density at radius 3 is 2.77 bits per heavy atom. The van der Waals surface area contributed by atoms with Crippen LogP contribution in [0.15, 0.2) is 12.1 Å². The maximum atomic E-state index is 9.82. The minimum absolute atomic E-state index is 0.0692. The molecule has 0 aliphatic rings. The Hall–Kier alpha value is -0.0900. The molecular formula is C9H14ClNOS. The van der Waals surface area contributed by atoms with E-state index >= 15 is 0 Å². The van der Waals surface area contributed by atoms with Gasteiger partial charge in [-0.1, -0.05) is 18.5 Å². The molecule has 1 aromatic heterocycles. The third-order valence-electron chi connectivity index (χ3n) is 1.89. The standard InChI is InChI=1S/C9H14ClNOS/c1-3-11-6(2)9(12)7-4-5-8(10)13-7/h4-6,9,11-12H,3H2,1-2H3. The molecule has 0 fully saturated rings. The monoisotopic (exact) mass is 219 g/mol. The second-order valence-corrected chi connectivity index (χ2v) is 4.68. The zero-order valence-corrected chi connectivity index (χ0v) is 9.32. The minimum Gasteiger partial charge on any atom is -0.386 e. The SMILES string of the molecule is CCNC(C)C(O)c1ccc(Cl)s1. The lowest BCUT2D eigenvalue weighted by Crippen LogP contribution is -2.31. The van der Waals surface area contributed by atoms with Crippen molar-refractivity contribution < 1.29 is 5.11 Å². The predicted octanol–water partition coefficient (Wildman–Crippen LogP) is 2.43. The van der Waals surface area contributed by atoms with Gasteiger partial charge in [0.15, 0.2) is 0 Å². The van der Waals surface area contributed by atoms with E-state index in [0.717, 1.165) is 15.8 Å². The first-order valence-electron chi connectivity index (χ1n) is 4.31. The summed E-state index contributed by atoms with van der Waals surface area (Å²) in [6.07, 6.45) is -0.461. The van der Waals surface area contributed by atoms with Gasteiger partial charge in [0.25, 0.3) is 0 Å². The highest BCUT2D eigenvalue weighted by molar-refractivity contribution is 7.16. The molecule has 0 aliphatic carbocycles. The van der Waals surface area contributed by atoms with Crippen LogP contribution in [-0.2, 0) is 0 Å². The number of hydrogen-bond donors (Lipinski definition) is 2. The number of hydrogen-bond acceptors (Lipinski definition) is 3. The first-order chi connectivity index (χ1) is 6.15. The van der Waals surface area contributed by atoms with Crippen molar-refractivity contribution in [1.29, 1.82) is 0 Å². The third kappa shape index (κ3) is 2.95. The Morgan fingerprint density at radius 2 is 2.31 bits per heavy atom. The number of nitrogens with one attached hydrogen (secondary N) is 1. The van der Waals surface area contributed by atoms with Gasteiger partial charge in [-0.3, -0.25) is 0 Å². The number of likely N-dealkylation sites (N-methyl/N-ethyl adjacent to an activating group) is 1. The highest BCUT2D eigenvalue weighted by Gasteiger charge is 2.16. The van der Waals surface area contributed by atoms with Crippen molar-refractivity contribution in [2.75, 3.05) is 6.54 Å². The average Bonchev–Trinajstić information content (AvgIpc) is 2.51.